The molecule has 0 aromatic heterocycles. The summed E-state index contributed by atoms with van der Waals surface area (Å²) in [6.45, 7) is 3.82. The Morgan fingerprint density at radius 1 is 1.50 bits per heavy atom. The molecule has 1 aromatic carbocycles. The van der Waals surface area contributed by atoms with Crippen LogP contribution in [0.4, 0.5) is 0 Å². The Hall–Kier alpha value is -1.04. The van der Waals surface area contributed by atoms with Crippen LogP contribution < -0.4 is 10.6 Å². The molecule has 2 N–H and O–H groups in total. The number of carbonyl (C=O) groups is 1. The van der Waals surface area contributed by atoms with Crippen molar-refractivity contribution in [2.45, 2.75) is 29.9 Å². The Kier molecular flexibility index (Phi) is 4.01. The van der Waals surface area contributed by atoms with E-state index in [2.05, 4.69) is 22.8 Å². The second-order valence-electron chi connectivity index (χ2n) is 5.64. The minimum atomic E-state index is -0.169. The molecule has 1 atom stereocenters. The van der Waals surface area contributed by atoms with Gasteiger partial charge in [0.1, 0.15) is 6.61 Å². The van der Waals surface area contributed by atoms with Crippen LogP contribution in [-0.2, 0) is 9.53 Å². The maximum Gasteiger partial charge on any atom is 0.246 e. The van der Waals surface area contributed by atoms with Crippen LogP contribution in [0.15, 0.2) is 29.2 Å². The third kappa shape index (κ3) is 3.00. The molecule has 4 nitrogen and oxygen atoms in total. The first kappa shape index (κ1) is 13.9. The van der Waals surface area contributed by atoms with Crippen molar-refractivity contribution in [2.24, 2.45) is 0 Å². The van der Waals surface area contributed by atoms with Crippen LogP contribution in [0.2, 0.25) is 0 Å². The molecule has 20 heavy (non-hydrogen) atoms. The van der Waals surface area contributed by atoms with Crippen LogP contribution in [0.5, 0.6) is 0 Å². The van der Waals surface area contributed by atoms with Crippen LogP contribution in [-0.4, -0.2) is 37.0 Å². The second kappa shape index (κ2) is 5.76. The topological polar surface area (TPSA) is 50.4 Å². The molecule has 2 aliphatic heterocycles. The van der Waals surface area contributed by atoms with Gasteiger partial charge in [0, 0.05) is 23.7 Å². The average Bonchev–Trinajstić information content (AvgIpc) is 2.43. The molecule has 1 fully saturated rings. The number of fused-ring (bicyclic) bond motifs is 1. The molecule has 0 bridgehead atoms. The predicted octanol–water partition coefficient (Wildman–Crippen LogP) is 1.72. The van der Waals surface area contributed by atoms with Crippen molar-refractivity contribution in [3.05, 3.63) is 29.8 Å². The van der Waals surface area contributed by atoms with Crippen LogP contribution in [0, 0.1) is 0 Å². The van der Waals surface area contributed by atoms with E-state index in [1.807, 2.05) is 30.8 Å². The monoisotopic (exact) mass is 292 g/mol. The summed E-state index contributed by atoms with van der Waals surface area (Å²) in [6.07, 6.45) is 0.978. The maximum atomic E-state index is 12.0. The zero-order valence-corrected chi connectivity index (χ0v) is 12.5. The summed E-state index contributed by atoms with van der Waals surface area (Å²) >= 11 is 1.86. The number of thioether (sulfide) groups is 1. The Morgan fingerprint density at radius 3 is 3.05 bits per heavy atom. The lowest BCUT2D eigenvalue weighted by Gasteiger charge is -2.39. The van der Waals surface area contributed by atoms with Crippen molar-refractivity contribution < 1.29 is 9.53 Å². The van der Waals surface area contributed by atoms with Crippen molar-refractivity contribution in [1.29, 1.82) is 0 Å². The van der Waals surface area contributed by atoms with Crippen LogP contribution >= 0.6 is 11.8 Å². The maximum absolute atomic E-state index is 12.0. The molecule has 108 valence electrons. The number of benzene rings is 1. The summed E-state index contributed by atoms with van der Waals surface area (Å²) < 4.78 is 5.68. The zero-order valence-electron chi connectivity index (χ0n) is 11.6. The average molecular weight is 292 g/mol. The lowest BCUT2D eigenvalue weighted by Crippen LogP contribution is -2.59. The highest BCUT2D eigenvalue weighted by Crippen LogP contribution is 2.35. The quantitative estimate of drug-likeness (QED) is 0.887. The fraction of sp³-hybridized carbons (Fsp3) is 0.533. The van der Waals surface area contributed by atoms with Gasteiger partial charge in [-0.3, -0.25) is 4.79 Å². The minimum absolute atomic E-state index is 0.0233. The van der Waals surface area contributed by atoms with Gasteiger partial charge < -0.3 is 15.4 Å². The summed E-state index contributed by atoms with van der Waals surface area (Å²) in [5.41, 5.74) is 1.06. The first-order valence-electron chi connectivity index (χ1n) is 7.02. The number of carbonyl (C=O) groups excluding carboxylic acids is 1. The van der Waals surface area contributed by atoms with Gasteiger partial charge in [-0.15, -0.1) is 11.8 Å². The molecule has 2 aliphatic rings. The SMILES string of the molecule is CC1(OCC(=O)NC2CCSc3ccccc32)CNC1. The van der Waals surface area contributed by atoms with Crippen LogP contribution in [0.25, 0.3) is 0 Å². The van der Waals surface area contributed by atoms with E-state index >= 15 is 0 Å². The number of ether oxygens (including phenoxy) is 1. The Bertz CT molecular complexity index is 502. The van der Waals surface area contributed by atoms with Gasteiger partial charge in [0.2, 0.25) is 5.91 Å². The highest BCUT2D eigenvalue weighted by atomic mass is 32.2. The molecule has 3 rings (SSSR count). The van der Waals surface area contributed by atoms with E-state index in [0.717, 1.165) is 25.3 Å². The number of rotatable bonds is 4. The predicted molar refractivity (Wildman–Crippen MR) is 79.9 cm³/mol. The van der Waals surface area contributed by atoms with Gasteiger partial charge in [0.25, 0.3) is 0 Å². The number of nitrogens with one attached hydrogen (secondary N) is 2. The summed E-state index contributed by atoms with van der Waals surface area (Å²) in [5, 5.41) is 6.26. The molecule has 0 spiro atoms. The zero-order chi connectivity index (χ0) is 14.0. The largest absolute Gasteiger partial charge is 0.363 e. The van der Waals surface area contributed by atoms with E-state index in [0.29, 0.717) is 0 Å². The van der Waals surface area contributed by atoms with E-state index in [9.17, 15) is 4.79 Å². The van der Waals surface area contributed by atoms with Crippen LogP contribution in [0.3, 0.4) is 0 Å². The van der Waals surface area contributed by atoms with E-state index in [-0.39, 0.29) is 24.2 Å². The highest BCUT2D eigenvalue weighted by Gasteiger charge is 2.33. The lowest BCUT2D eigenvalue weighted by molar-refractivity contribution is -0.136. The van der Waals surface area contributed by atoms with Gasteiger partial charge in [0.05, 0.1) is 11.6 Å². The molecule has 0 saturated carbocycles. The minimum Gasteiger partial charge on any atom is -0.363 e. The Morgan fingerprint density at radius 2 is 2.30 bits per heavy atom. The second-order valence-corrected chi connectivity index (χ2v) is 6.77. The Balaban J connectivity index is 1.57. The Labute approximate surface area is 123 Å². The van der Waals surface area contributed by atoms with Crippen molar-refractivity contribution in [3.63, 3.8) is 0 Å². The van der Waals surface area contributed by atoms with Gasteiger partial charge in [0.15, 0.2) is 0 Å². The molecule has 0 radical (unpaired) electrons. The number of hydrogen-bond donors (Lipinski definition) is 2. The molecule has 1 aromatic rings. The first-order valence-corrected chi connectivity index (χ1v) is 8.01. The highest BCUT2D eigenvalue weighted by molar-refractivity contribution is 7.99. The summed E-state index contributed by atoms with van der Waals surface area (Å²) in [5.74, 6) is 1.02. The van der Waals surface area contributed by atoms with E-state index in [4.69, 9.17) is 4.74 Å². The van der Waals surface area contributed by atoms with Gasteiger partial charge in [-0.2, -0.15) is 0 Å². The summed E-state index contributed by atoms with van der Waals surface area (Å²) in [4.78, 5) is 13.3. The van der Waals surface area contributed by atoms with Gasteiger partial charge >= 0.3 is 0 Å². The normalized spacial score (nSPS) is 23.6. The summed E-state index contributed by atoms with van der Waals surface area (Å²) in [7, 11) is 0. The molecular formula is C15H20N2O2S. The molecule has 1 amide bonds. The third-order valence-corrected chi connectivity index (χ3v) is 4.97. The third-order valence-electron chi connectivity index (χ3n) is 3.84. The van der Waals surface area contributed by atoms with Crippen molar-refractivity contribution in [3.8, 4) is 0 Å². The van der Waals surface area contributed by atoms with E-state index < -0.39 is 0 Å². The summed E-state index contributed by atoms with van der Waals surface area (Å²) in [6, 6.07) is 8.42. The standard InChI is InChI=1S/C15H20N2O2S/c1-15(9-16-10-15)19-8-14(18)17-12-6-7-20-13-5-3-2-4-11(12)13/h2-5,12,16H,6-10H2,1H3,(H,17,18). The molecular weight excluding hydrogens is 272 g/mol. The van der Waals surface area contributed by atoms with Gasteiger partial charge in [-0.1, -0.05) is 18.2 Å². The van der Waals surface area contributed by atoms with E-state index in [1.165, 1.54) is 10.5 Å². The molecule has 0 aliphatic carbocycles. The van der Waals surface area contributed by atoms with E-state index in [1.54, 1.807) is 0 Å². The van der Waals surface area contributed by atoms with Crippen LogP contribution in [0.1, 0.15) is 24.9 Å². The number of hydrogen-bond acceptors (Lipinski definition) is 4. The molecule has 1 unspecified atom stereocenters. The molecule has 2 heterocycles. The fourth-order valence-electron chi connectivity index (χ4n) is 2.55. The lowest BCUT2D eigenvalue weighted by atomic mass is 10.0. The smallest absolute Gasteiger partial charge is 0.246 e. The van der Waals surface area contributed by atoms with Crippen molar-refractivity contribution in [2.75, 3.05) is 25.4 Å². The first-order chi connectivity index (χ1) is 9.66. The van der Waals surface area contributed by atoms with Gasteiger partial charge in [-0.05, 0) is 25.0 Å². The fourth-order valence-corrected chi connectivity index (χ4v) is 3.67. The molecule has 1 saturated heterocycles. The van der Waals surface area contributed by atoms with Crippen molar-refractivity contribution in [1.82, 2.24) is 10.6 Å². The van der Waals surface area contributed by atoms with Gasteiger partial charge in [-0.25, -0.2) is 0 Å². The van der Waals surface area contributed by atoms with Crippen molar-refractivity contribution >= 4 is 17.7 Å². The molecule has 5 heteroatoms. The number of amides is 1.